The Labute approximate surface area is 157 Å². The van der Waals surface area contributed by atoms with E-state index >= 15 is 0 Å². The highest BCUT2D eigenvalue weighted by Gasteiger charge is 2.37. The summed E-state index contributed by atoms with van der Waals surface area (Å²) in [5, 5.41) is 0. The van der Waals surface area contributed by atoms with Gasteiger partial charge in [-0.1, -0.05) is 36.4 Å². The minimum absolute atomic E-state index is 0.0284. The van der Waals surface area contributed by atoms with Crippen LogP contribution in [0, 0.1) is 0 Å². The molecule has 0 aromatic heterocycles. The van der Waals surface area contributed by atoms with Crippen LogP contribution in [0.5, 0.6) is 0 Å². The Kier molecular flexibility index (Phi) is 5.41. The van der Waals surface area contributed by atoms with E-state index in [1.165, 1.54) is 35.2 Å². The summed E-state index contributed by atoms with van der Waals surface area (Å²) in [6.45, 7) is -0.224. The van der Waals surface area contributed by atoms with E-state index < -0.39 is 29.4 Å². The molecule has 0 N–H and O–H groups in total. The maximum absolute atomic E-state index is 13.2. The first kappa shape index (κ1) is 20.2. The van der Waals surface area contributed by atoms with E-state index in [1.54, 1.807) is 0 Å². The molecule has 2 aromatic rings. The van der Waals surface area contributed by atoms with E-state index in [9.17, 15) is 31.1 Å². The molecule has 0 bridgehead atoms. The monoisotopic (exact) mass is 401 g/mol. The van der Waals surface area contributed by atoms with Gasteiger partial charge in [0.2, 0.25) is 5.91 Å². The van der Waals surface area contributed by atoms with Crippen molar-refractivity contribution >= 4 is 5.91 Å². The average molecular weight is 401 g/mol. The van der Waals surface area contributed by atoms with Gasteiger partial charge in [-0.05, 0) is 36.1 Å². The van der Waals surface area contributed by atoms with Crippen LogP contribution in [0.25, 0.3) is 0 Å². The van der Waals surface area contributed by atoms with Crippen molar-refractivity contribution in [2.75, 3.05) is 0 Å². The Morgan fingerprint density at radius 2 is 1.61 bits per heavy atom. The maximum Gasteiger partial charge on any atom is 0.416 e. The Morgan fingerprint density at radius 1 is 0.929 bits per heavy atom. The average Bonchev–Trinajstić information content (AvgIpc) is 3.43. The summed E-state index contributed by atoms with van der Waals surface area (Å²) in [6.07, 6.45) is -8.03. The number of rotatable bonds is 5. The van der Waals surface area contributed by atoms with Gasteiger partial charge in [0.15, 0.2) is 0 Å². The summed E-state index contributed by atoms with van der Waals surface area (Å²) in [6, 6.07) is 9.25. The summed E-state index contributed by atoms with van der Waals surface area (Å²) in [7, 11) is 0. The van der Waals surface area contributed by atoms with Crippen molar-refractivity contribution in [1.29, 1.82) is 0 Å². The first-order valence-corrected chi connectivity index (χ1v) is 8.66. The van der Waals surface area contributed by atoms with Crippen LogP contribution in [0.1, 0.15) is 35.1 Å². The topological polar surface area (TPSA) is 20.3 Å². The number of hydrogen-bond donors (Lipinski definition) is 0. The molecular formula is C20H17F6NO. The molecule has 0 radical (unpaired) electrons. The Bertz CT molecular complexity index is 854. The van der Waals surface area contributed by atoms with E-state index in [2.05, 4.69) is 0 Å². The van der Waals surface area contributed by atoms with Gasteiger partial charge in [0.1, 0.15) is 0 Å². The lowest BCUT2D eigenvalue weighted by molar-refractivity contribution is -0.140. The van der Waals surface area contributed by atoms with Crippen molar-refractivity contribution in [2.45, 2.75) is 44.2 Å². The van der Waals surface area contributed by atoms with Crippen LogP contribution in [0.3, 0.4) is 0 Å². The summed E-state index contributed by atoms with van der Waals surface area (Å²) in [4.78, 5) is 14.0. The number of benzene rings is 2. The summed E-state index contributed by atoms with van der Waals surface area (Å²) < 4.78 is 78.2. The second kappa shape index (κ2) is 7.48. The highest BCUT2D eigenvalue weighted by Crippen LogP contribution is 2.35. The molecule has 1 aliphatic carbocycles. The number of carbonyl (C=O) groups is 1. The van der Waals surface area contributed by atoms with Gasteiger partial charge in [-0.25, -0.2) is 0 Å². The zero-order valence-corrected chi connectivity index (χ0v) is 14.6. The van der Waals surface area contributed by atoms with Crippen molar-refractivity contribution in [3.05, 3.63) is 70.8 Å². The molecule has 0 aliphatic heterocycles. The second-order valence-electron chi connectivity index (χ2n) is 6.78. The minimum Gasteiger partial charge on any atom is -0.335 e. The molecule has 1 aliphatic rings. The van der Waals surface area contributed by atoms with Crippen LogP contribution >= 0.6 is 0 Å². The standard InChI is InChI=1S/C20H17F6NO/c21-19(22,23)15-6-3-4-13(10-15)11-18(28)27(16-8-9-16)12-14-5-1-2-7-17(14)20(24,25)26/h1-7,10,16H,8-9,11-12H2. The van der Waals surface area contributed by atoms with E-state index in [0.717, 1.165) is 18.2 Å². The number of carbonyl (C=O) groups excluding carboxylic acids is 1. The van der Waals surface area contributed by atoms with Crippen LogP contribution in [0.2, 0.25) is 0 Å². The molecule has 8 heteroatoms. The fourth-order valence-electron chi connectivity index (χ4n) is 3.06. The van der Waals surface area contributed by atoms with Crippen LogP contribution < -0.4 is 0 Å². The zero-order chi connectivity index (χ0) is 20.5. The maximum atomic E-state index is 13.2. The third-order valence-corrected chi connectivity index (χ3v) is 4.58. The molecule has 150 valence electrons. The van der Waals surface area contributed by atoms with Gasteiger partial charge < -0.3 is 4.90 Å². The van der Waals surface area contributed by atoms with Gasteiger partial charge in [0, 0.05) is 12.6 Å². The van der Waals surface area contributed by atoms with Gasteiger partial charge in [0.25, 0.3) is 0 Å². The normalized spacial score (nSPS) is 14.8. The van der Waals surface area contributed by atoms with Crippen molar-refractivity contribution in [1.82, 2.24) is 4.90 Å². The molecule has 28 heavy (non-hydrogen) atoms. The van der Waals surface area contributed by atoms with Crippen molar-refractivity contribution in [3.63, 3.8) is 0 Å². The quantitative estimate of drug-likeness (QED) is 0.610. The van der Waals surface area contributed by atoms with Crippen molar-refractivity contribution in [2.24, 2.45) is 0 Å². The number of halogens is 6. The Hall–Kier alpha value is -2.51. The fourth-order valence-corrected chi connectivity index (χ4v) is 3.06. The third-order valence-electron chi connectivity index (χ3n) is 4.58. The fraction of sp³-hybridized carbons (Fsp3) is 0.350. The predicted molar refractivity (Wildman–Crippen MR) is 90.2 cm³/mol. The Morgan fingerprint density at radius 3 is 2.21 bits per heavy atom. The Balaban J connectivity index is 1.80. The molecule has 1 fully saturated rings. The third kappa shape index (κ3) is 4.85. The molecule has 0 atom stereocenters. The molecule has 0 spiro atoms. The minimum atomic E-state index is -4.55. The van der Waals surface area contributed by atoms with Gasteiger partial charge >= 0.3 is 12.4 Å². The highest BCUT2D eigenvalue weighted by atomic mass is 19.4. The van der Waals surface area contributed by atoms with Gasteiger partial charge in [-0.3, -0.25) is 4.79 Å². The summed E-state index contributed by atoms with van der Waals surface area (Å²) in [5.74, 6) is -0.487. The van der Waals surface area contributed by atoms with Gasteiger partial charge in [0.05, 0.1) is 17.5 Å². The smallest absolute Gasteiger partial charge is 0.335 e. The van der Waals surface area contributed by atoms with E-state index in [4.69, 9.17) is 0 Å². The van der Waals surface area contributed by atoms with Crippen molar-refractivity contribution < 1.29 is 31.1 Å². The second-order valence-corrected chi connectivity index (χ2v) is 6.78. The molecular weight excluding hydrogens is 384 g/mol. The number of amides is 1. The van der Waals surface area contributed by atoms with Crippen LogP contribution in [0.15, 0.2) is 48.5 Å². The molecule has 0 heterocycles. The van der Waals surface area contributed by atoms with Gasteiger partial charge in [-0.15, -0.1) is 0 Å². The lowest BCUT2D eigenvalue weighted by Crippen LogP contribution is -2.34. The lowest BCUT2D eigenvalue weighted by atomic mass is 10.0. The van der Waals surface area contributed by atoms with E-state index in [-0.39, 0.29) is 30.1 Å². The summed E-state index contributed by atoms with van der Waals surface area (Å²) >= 11 is 0. The predicted octanol–water partition coefficient (Wildman–Crippen LogP) is 5.46. The van der Waals surface area contributed by atoms with Crippen LogP contribution in [-0.4, -0.2) is 16.8 Å². The van der Waals surface area contributed by atoms with Crippen LogP contribution in [-0.2, 0) is 30.1 Å². The van der Waals surface area contributed by atoms with E-state index in [1.807, 2.05) is 0 Å². The SMILES string of the molecule is O=C(Cc1cccc(C(F)(F)F)c1)N(Cc1ccccc1C(F)(F)F)C1CC1. The number of alkyl halides is 6. The zero-order valence-electron chi connectivity index (χ0n) is 14.6. The first-order chi connectivity index (χ1) is 13.1. The number of nitrogens with zero attached hydrogens (tertiary/aromatic N) is 1. The molecule has 3 rings (SSSR count). The van der Waals surface area contributed by atoms with Crippen molar-refractivity contribution in [3.8, 4) is 0 Å². The lowest BCUT2D eigenvalue weighted by Gasteiger charge is -2.24. The molecule has 1 amide bonds. The van der Waals surface area contributed by atoms with Crippen LogP contribution in [0.4, 0.5) is 26.3 Å². The first-order valence-electron chi connectivity index (χ1n) is 8.66. The molecule has 0 saturated heterocycles. The molecule has 1 saturated carbocycles. The highest BCUT2D eigenvalue weighted by molar-refractivity contribution is 5.79. The number of hydrogen-bond acceptors (Lipinski definition) is 1. The molecule has 2 nitrogen and oxygen atoms in total. The molecule has 0 unspecified atom stereocenters. The largest absolute Gasteiger partial charge is 0.416 e. The molecule has 2 aromatic carbocycles. The van der Waals surface area contributed by atoms with Gasteiger partial charge in [-0.2, -0.15) is 26.3 Å². The summed E-state index contributed by atoms with van der Waals surface area (Å²) in [5.41, 5.74) is -1.53. The van der Waals surface area contributed by atoms with E-state index in [0.29, 0.717) is 12.8 Å².